The number of rotatable bonds is 4. The number of nitrogens with one attached hydrogen (secondary N) is 1. The molecule has 82 valence electrons. The van der Waals surface area contributed by atoms with Crippen LogP contribution in [0.5, 0.6) is 0 Å². The molecule has 1 aromatic heterocycles. The topological polar surface area (TPSA) is 58.0 Å². The van der Waals surface area contributed by atoms with E-state index in [4.69, 9.17) is 5.11 Å². The molecule has 0 saturated heterocycles. The molecule has 1 fully saturated rings. The van der Waals surface area contributed by atoms with E-state index in [0.717, 1.165) is 30.2 Å². The maximum Gasteiger partial charge on any atom is 0.130 e. The summed E-state index contributed by atoms with van der Waals surface area (Å²) in [6, 6.07) is 1.94. The number of hydrogen-bond acceptors (Lipinski definition) is 5. The fourth-order valence-electron chi connectivity index (χ4n) is 1.66. The van der Waals surface area contributed by atoms with Crippen LogP contribution >= 0.6 is 11.8 Å². The van der Waals surface area contributed by atoms with Crippen LogP contribution in [0.25, 0.3) is 0 Å². The Balaban J connectivity index is 1.82. The lowest BCUT2D eigenvalue weighted by Crippen LogP contribution is -2.33. The van der Waals surface area contributed by atoms with E-state index in [0.29, 0.717) is 5.92 Å². The molecular weight excluding hydrogens is 210 g/mol. The Morgan fingerprint density at radius 3 is 3.00 bits per heavy atom. The maximum absolute atomic E-state index is 9.14. The Morgan fingerprint density at radius 2 is 2.33 bits per heavy atom. The van der Waals surface area contributed by atoms with E-state index in [9.17, 15) is 0 Å². The van der Waals surface area contributed by atoms with Crippen molar-refractivity contribution in [2.45, 2.75) is 24.0 Å². The summed E-state index contributed by atoms with van der Waals surface area (Å²) in [4.78, 5) is 8.24. The molecule has 0 atom stereocenters. The molecule has 5 heteroatoms. The zero-order valence-electron chi connectivity index (χ0n) is 8.68. The third-order valence-corrected chi connectivity index (χ3v) is 3.28. The second-order valence-corrected chi connectivity index (χ2v) is 4.64. The molecule has 2 rings (SSSR count). The fraction of sp³-hybridized carbons (Fsp3) is 0.600. The van der Waals surface area contributed by atoms with Crippen molar-refractivity contribution in [1.82, 2.24) is 9.97 Å². The number of thioether (sulfide) groups is 1. The second-order valence-electron chi connectivity index (χ2n) is 3.82. The summed E-state index contributed by atoms with van der Waals surface area (Å²) >= 11 is 1.61. The smallest absolute Gasteiger partial charge is 0.130 e. The molecule has 0 radical (unpaired) electrons. The Hall–Kier alpha value is -0.810. The monoisotopic (exact) mass is 225 g/mol. The number of aliphatic hydroxyl groups excluding tert-OH is 1. The molecule has 0 aromatic carbocycles. The quantitative estimate of drug-likeness (QED) is 0.599. The van der Waals surface area contributed by atoms with Crippen LogP contribution < -0.4 is 5.32 Å². The second kappa shape index (κ2) is 4.81. The van der Waals surface area contributed by atoms with Crippen LogP contribution in [0.3, 0.4) is 0 Å². The lowest BCUT2D eigenvalue weighted by atomic mass is 9.82. The van der Waals surface area contributed by atoms with Gasteiger partial charge in [0.2, 0.25) is 0 Å². The largest absolute Gasteiger partial charge is 0.393 e. The molecule has 0 bridgehead atoms. The Kier molecular flexibility index (Phi) is 3.43. The third kappa shape index (κ3) is 2.82. The predicted octanol–water partition coefficient (Wildman–Crippen LogP) is 1.38. The minimum absolute atomic E-state index is 0.0797. The zero-order valence-corrected chi connectivity index (χ0v) is 9.50. The first-order valence-electron chi connectivity index (χ1n) is 5.06. The highest BCUT2D eigenvalue weighted by Gasteiger charge is 2.26. The van der Waals surface area contributed by atoms with Gasteiger partial charge in [0.1, 0.15) is 17.2 Å². The van der Waals surface area contributed by atoms with Gasteiger partial charge in [-0.2, -0.15) is 0 Å². The molecule has 4 nitrogen and oxygen atoms in total. The van der Waals surface area contributed by atoms with Crippen molar-refractivity contribution in [1.29, 1.82) is 0 Å². The normalized spacial score (nSPS) is 24.7. The summed E-state index contributed by atoms with van der Waals surface area (Å²) in [6.45, 7) is 0.891. The van der Waals surface area contributed by atoms with Gasteiger partial charge in [0.15, 0.2) is 0 Å². The number of aliphatic hydroxyl groups is 1. The van der Waals surface area contributed by atoms with Gasteiger partial charge >= 0.3 is 0 Å². The lowest BCUT2D eigenvalue weighted by molar-refractivity contribution is 0.0486. The van der Waals surface area contributed by atoms with E-state index in [2.05, 4.69) is 15.3 Å². The minimum Gasteiger partial charge on any atom is -0.393 e. The van der Waals surface area contributed by atoms with E-state index >= 15 is 0 Å². The highest BCUT2D eigenvalue weighted by Crippen LogP contribution is 2.27. The van der Waals surface area contributed by atoms with E-state index in [1.165, 1.54) is 0 Å². The molecule has 1 aliphatic carbocycles. The van der Waals surface area contributed by atoms with Gasteiger partial charge in [0, 0.05) is 12.6 Å². The first kappa shape index (κ1) is 10.7. The average molecular weight is 225 g/mol. The van der Waals surface area contributed by atoms with Crippen LogP contribution in [0.4, 0.5) is 5.82 Å². The summed E-state index contributed by atoms with van der Waals surface area (Å²) in [5.74, 6) is 1.46. The lowest BCUT2D eigenvalue weighted by Gasteiger charge is -2.31. The molecule has 1 saturated carbocycles. The van der Waals surface area contributed by atoms with Crippen molar-refractivity contribution in [2.75, 3.05) is 18.1 Å². The van der Waals surface area contributed by atoms with Gasteiger partial charge in [-0.3, -0.25) is 0 Å². The number of nitrogens with zero attached hydrogens (tertiary/aromatic N) is 2. The molecule has 1 aromatic rings. The van der Waals surface area contributed by atoms with E-state index in [1.54, 1.807) is 18.1 Å². The highest BCUT2D eigenvalue weighted by atomic mass is 32.2. The molecule has 0 unspecified atom stereocenters. The number of hydrogen-bond donors (Lipinski definition) is 2. The van der Waals surface area contributed by atoms with Gasteiger partial charge in [-0.25, -0.2) is 9.97 Å². The van der Waals surface area contributed by atoms with Crippen LogP contribution in [0, 0.1) is 5.92 Å². The summed E-state index contributed by atoms with van der Waals surface area (Å²) in [5.41, 5.74) is 0. The van der Waals surface area contributed by atoms with Crippen molar-refractivity contribution < 1.29 is 5.11 Å². The molecule has 15 heavy (non-hydrogen) atoms. The molecule has 2 N–H and O–H groups in total. The van der Waals surface area contributed by atoms with Gasteiger partial charge in [-0.1, -0.05) is 0 Å². The highest BCUT2D eigenvalue weighted by molar-refractivity contribution is 7.98. The summed E-state index contributed by atoms with van der Waals surface area (Å²) in [7, 11) is 0. The van der Waals surface area contributed by atoms with Crippen molar-refractivity contribution in [2.24, 2.45) is 5.92 Å². The van der Waals surface area contributed by atoms with E-state index in [-0.39, 0.29) is 6.10 Å². The Labute approximate surface area is 93.5 Å². The first-order valence-corrected chi connectivity index (χ1v) is 6.28. The van der Waals surface area contributed by atoms with E-state index < -0.39 is 0 Å². The molecular formula is C10H15N3OS. The van der Waals surface area contributed by atoms with Crippen molar-refractivity contribution in [3.8, 4) is 0 Å². The standard InChI is InChI=1S/C10H15N3OS/c1-15-10-4-9(12-6-13-10)11-5-7-2-8(14)3-7/h4,6-8,14H,2-3,5H2,1H3,(H,11,12,13). The van der Waals surface area contributed by atoms with E-state index in [1.807, 2.05) is 12.3 Å². The SMILES string of the molecule is CSc1cc(NCC2CC(O)C2)ncn1. The van der Waals surface area contributed by atoms with Crippen LogP contribution in [0.1, 0.15) is 12.8 Å². The molecule has 0 aliphatic heterocycles. The summed E-state index contributed by atoms with van der Waals surface area (Å²) < 4.78 is 0. The molecule has 1 heterocycles. The summed E-state index contributed by atoms with van der Waals surface area (Å²) in [5, 5.41) is 13.4. The van der Waals surface area contributed by atoms with Crippen LogP contribution in [-0.2, 0) is 0 Å². The first-order chi connectivity index (χ1) is 7.28. The Morgan fingerprint density at radius 1 is 1.53 bits per heavy atom. The van der Waals surface area contributed by atoms with Gasteiger partial charge in [0.05, 0.1) is 6.10 Å². The van der Waals surface area contributed by atoms with Gasteiger partial charge in [-0.05, 0) is 25.0 Å². The van der Waals surface area contributed by atoms with Gasteiger partial charge < -0.3 is 10.4 Å². The van der Waals surface area contributed by atoms with Crippen molar-refractivity contribution in [3.05, 3.63) is 12.4 Å². The summed E-state index contributed by atoms with van der Waals surface area (Å²) in [6.07, 6.45) is 5.31. The fourth-order valence-corrected chi connectivity index (χ4v) is 2.05. The van der Waals surface area contributed by atoms with Crippen LogP contribution in [0.15, 0.2) is 17.4 Å². The number of aromatic nitrogens is 2. The predicted molar refractivity (Wildman–Crippen MR) is 61.0 cm³/mol. The maximum atomic E-state index is 9.14. The molecule has 1 aliphatic rings. The van der Waals surface area contributed by atoms with Crippen LogP contribution in [0.2, 0.25) is 0 Å². The van der Waals surface area contributed by atoms with Crippen molar-refractivity contribution >= 4 is 17.6 Å². The molecule has 0 amide bonds. The zero-order chi connectivity index (χ0) is 10.7. The van der Waals surface area contributed by atoms with Gasteiger partial charge in [0.25, 0.3) is 0 Å². The van der Waals surface area contributed by atoms with Crippen LogP contribution in [-0.4, -0.2) is 34.0 Å². The average Bonchev–Trinajstić information content (AvgIpc) is 2.23. The van der Waals surface area contributed by atoms with Crippen molar-refractivity contribution in [3.63, 3.8) is 0 Å². The minimum atomic E-state index is -0.0797. The molecule has 0 spiro atoms. The number of anilines is 1. The Bertz CT molecular complexity index is 328. The van der Waals surface area contributed by atoms with Gasteiger partial charge in [-0.15, -0.1) is 11.8 Å². The third-order valence-electron chi connectivity index (χ3n) is 2.63.